The summed E-state index contributed by atoms with van der Waals surface area (Å²) >= 11 is 0. The molecule has 6 heteroatoms. The number of aliphatic hydroxyl groups is 2. The predicted octanol–water partition coefficient (Wildman–Crippen LogP) is 2.42. The molecule has 1 saturated heterocycles. The third-order valence-electron chi connectivity index (χ3n) is 4.51. The molecule has 1 aliphatic heterocycles. The van der Waals surface area contributed by atoms with Gasteiger partial charge < -0.3 is 19.8 Å². The van der Waals surface area contributed by atoms with Crippen LogP contribution in [0.15, 0.2) is 54.6 Å². The highest BCUT2D eigenvalue weighted by Crippen LogP contribution is 2.33. The molecule has 5 nitrogen and oxygen atoms in total. The van der Waals surface area contributed by atoms with Crippen molar-refractivity contribution >= 4 is 6.09 Å². The van der Waals surface area contributed by atoms with Gasteiger partial charge in [-0.05, 0) is 23.3 Å². The van der Waals surface area contributed by atoms with E-state index in [0.717, 1.165) is 5.56 Å². The SMILES string of the molecule is O=C(OCc1ccccc1)N1CCC(O)(c2ccc(F)cc2)C(O)C1. The van der Waals surface area contributed by atoms with Gasteiger partial charge >= 0.3 is 6.09 Å². The minimum absolute atomic E-state index is 0.0541. The molecule has 2 atom stereocenters. The second kappa shape index (κ2) is 7.21. The van der Waals surface area contributed by atoms with Crippen LogP contribution in [0, 0.1) is 5.82 Å². The van der Waals surface area contributed by atoms with Gasteiger partial charge in [0.2, 0.25) is 0 Å². The van der Waals surface area contributed by atoms with E-state index in [1.165, 1.54) is 29.2 Å². The normalized spacial score (nSPS) is 23.3. The highest BCUT2D eigenvalue weighted by Gasteiger charge is 2.43. The molecule has 1 heterocycles. The van der Waals surface area contributed by atoms with Crippen molar-refractivity contribution in [3.8, 4) is 0 Å². The largest absolute Gasteiger partial charge is 0.445 e. The number of likely N-dealkylation sites (tertiary alicyclic amines) is 1. The van der Waals surface area contributed by atoms with E-state index in [9.17, 15) is 19.4 Å². The molecule has 25 heavy (non-hydrogen) atoms. The molecule has 0 saturated carbocycles. The Hall–Kier alpha value is -2.44. The van der Waals surface area contributed by atoms with Crippen molar-refractivity contribution in [1.82, 2.24) is 4.90 Å². The molecular formula is C19H20FNO4. The maximum absolute atomic E-state index is 13.1. The summed E-state index contributed by atoms with van der Waals surface area (Å²) in [5.41, 5.74) is -0.209. The predicted molar refractivity (Wildman–Crippen MR) is 89.1 cm³/mol. The zero-order valence-electron chi connectivity index (χ0n) is 13.6. The van der Waals surface area contributed by atoms with E-state index in [0.29, 0.717) is 5.56 Å². The van der Waals surface area contributed by atoms with Crippen molar-refractivity contribution in [2.75, 3.05) is 13.1 Å². The number of hydrogen-bond donors (Lipinski definition) is 2. The van der Waals surface area contributed by atoms with Crippen molar-refractivity contribution in [3.63, 3.8) is 0 Å². The number of aliphatic hydroxyl groups excluding tert-OH is 1. The molecule has 132 valence electrons. The summed E-state index contributed by atoms with van der Waals surface area (Å²) in [6, 6.07) is 14.7. The number of carbonyl (C=O) groups excluding carboxylic acids is 1. The van der Waals surface area contributed by atoms with Crippen molar-refractivity contribution in [1.29, 1.82) is 0 Å². The van der Waals surface area contributed by atoms with Crippen molar-refractivity contribution in [2.45, 2.75) is 24.7 Å². The number of β-amino-alcohol motifs (C(OH)–C–C–N with tert-alkyl or cyclic N) is 1. The first-order valence-corrected chi connectivity index (χ1v) is 8.11. The lowest BCUT2D eigenvalue weighted by Crippen LogP contribution is -2.55. The molecule has 2 N–H and O–H groups in total. The molecule has 3 rings (SSSR count). The molecular weight excluding hydrogens is 325 g/mol. The van der Waals surface area contributed by atoms with Crippen LogP contribution in [-0.2, 0) is 16.9 Å². The molecule has 2 unspecified atom stereocenters. The number of benzene rings is 2. The molecule has 0 spiro atoms. The molecule has 0 aromatic heterocycles. The van der Waals surface area contributed by atoms with E-state index in [4.69, 9.17) is 4.74 Å². The van der Waals surface area contributed by atoms with Crippen LogP contribution in [0.1, 0.15) is 17.5 Å². The fourth-order valence-corrected chi connectivity index (χ4v) is 2.97. The molecule has 2 aromatic rings. The highest BCUT2D eigenvalue weighted by atomic mass is 19.1. The smallest absolute Gasteiger partial charge is 0.410 e. The number of rotatable bonds is 3. The second-order valence-electron chi connectivity index (χ2n) is 6.18. The molecule has 1 amide bonds. The molecule has 0 aliphatic carbocycles. The first-order valence-electron chi connectivity index (χ1n) is 8.11. The minimum atomic E-state index is -1.51. The van der Waals surface area contributed by atoms with Crippen LogP contribution in [-0.4, -0.2) is 40.4 Å². The van der Waals surface area contributed by atoms with Gasteiger partial charge in [-0.25, -0.2) is 9.18 Å². The minimum Gasteiger partial charge on any atom is -0.445 e. The summed E-state index contributed by atoms with van der Waals surface area (Å²) in [7, 11) is 0. The monoisotopic (exact) mass is 345 g/mol. The zero-order chi connectivity index (χ0) is 17.9. The van der Waals surface area contributed by atoms with Gasteiger partial charge in [-0.1, -0.05) is 42.5 Å². The van der Waals surface area contributed by atoms with E-state index in [2.05, 4.69) is 0 Å². The molecule has 1 aliphatic rings. The maximum atomic E-state index is 13.1. The van der Waals surface area contributed by atoms with Gasteiger partial charge in [-0.2, -0.15) is 0 Å². The van der Waals surface area contributed by atoms with Gasteiger partial charge in [-0.15, -0.1) is 0 Å². The van der Waals surface area contributed by atoms with Gasteiger partial charge in [0.15, 0.2) is 0 Å². The third kappa shape index (κ3) is 3.81. The van der Waals surface area contributed by atoms with Gasteiger partial charge in [0, 0.05) is 13.0 Å². The van der Waals surface area contributed by atoms with Gasteiger partial charge in [0.05, 0.1) is 6.54 Å². The maximum Gasteiger partial charge on any atom is 0.410 e. The van der Waals surface area contributed by atoms with Crippen LogP contribution in [0.4, 0.5) is 9.18 Å². The van der Waals surface area contributed by atoms with Crippen LogP contribution in [0.2, 0.25) is 0 Å². The topological polar surface area (TPSA) is 70.0 Å². The van der Waals surface area contributed by atoms with Crippen LogP contribution in [0.3, 0.4) is 0 Å². The van der Waals surface area contributed by atoms with Gasteiger partial charge in [0.1, 0.15) is 24.1 Å². The van der Waals surface area contributed by atoms with Crippen LogP contribution in [0.5, 0.6) is 0 Å². The Bertz CT molecular complexity index is 722. The molecule has 2 aromatic carbocycles. The number of amides is 1. The second-order valence-corrected chi connectivity index (χ2v) is 6.18. The summed E-state index contributed by atoms with van der Waals surface area (Å²) in [6.45, 7) is 0.328. The summed E-state index contributed by atoms with van der Waals surface area (Å²) in [4.78, 5) is 13.5. The Morgan fingerprint density at radius 2 is 1.88 bits per heavy atom. The van der Waals surface area contributed by atoms with E-state index >= 15 is 0 Å². The third-order valence-corrected chi connectivity index (χ3v) is 4.51. The summed E-state index contributed by atoms with van der Waals surface area (Å²) < 4.78 is 18.3. The number of ether oxygens (including phenoxy) is 1. The number of carbonyl (C=O) groups is 1. The van der Waals surface area contributed by atoms with Crippen LogP contribution in [0.25, 0.3) is 0 Å². The molecule has 0 bridgehead atoms. The first kappa shape index (κ1) is 17.4. The lowest BCUT2D eigenvalue weighted by atomic mass is 9.82. The van der Waals surface area contributed by atoms with Gasteiger partial charge in [-0.3, -0.25) is 0 Å². The van der Waals surface area contributed by atoms with E-state index < -0.39 is 23.6 Å². The van der Waals surface area contributed by atoms with Crippen LogP contribution < -0.4 is 0 Å². The standard InChI is InChI=1S/C19H20FNO4/c20-16-8-6-15(7-9-16)19(24)10-11-21(12-17(19)22)18(23)25-13-14-4-2-1-3-5-14/h1-9,17,22,24H,10-13H2. The Morgan fingerprint density at radius 3 is 2.52 bits per heavy atom. The Labute approximate surface area is 145 Å². The van der Waals surface area contributed by atoms with E-state index in [-0.39, 0.29) is 26.1 Å². The number of halogens is 1. The number of piperidine rings is 1. The van der Waals surface area contributed by atoms with E-state index in [1.54, 1.807) is 0 Å². The first-order chi connectivity index (χ1) is 12.0. The Kier molecular flexibility index (Phi) is 5.01. The molecule has 0 radical (unpaired) electrons. The average molecular weight is 345 g/mol. The fraction of sp³-hybridized carbons (Fsp3) is 0.316. The highest BCUT2D eigenvalue weighted by molar-refractivity contribution is 5.68. The quantitative estimate of drug-likeness (QED) is 0.896. The van der Waals surface area contributed by atoms with Crippen molar-refractivity contribution < 1.29 is 24.1 Å². The van der Waals surface area contributed by atoms with E-state index in [1.807, 2.05) is 30.3 Å². The number of hydrogen-bond acceptors (Lipinski definition) is 4. The Balaban J connectivity index is 1.61. The summed E-state index contributed by atoms with van der Waals surface area (Å²) in [5, 5.41) is 21.1. The lowest BCUT2D eigenvalue weighted by molar-refractivity contribution is -0.121. The summed E-state index contributed by atoms with van der Waals surface area (Å²) in [5.74, 6) is -0.413. The van der Waals surface area contributed by atoms with Crippen molar-refractivity contribution in [3.05, 3.63) is 71.5 Å². The Morgan fingerprint density at radius 1 is 1.20 bits per heavy atom. The summed E-state index contributed by atoms with van der Waals surface area (Å²) in [6.07, 6.45) is -1.58. The van der Waals surface area contributed by atoms with Crippen LogP contribution >= 0.6 is 0 Å². The fourth-order valence-electron chi connectivity index (χ4n) is 2.97. The van der Waals surface area contributed by atoms with Gasteiger partial charge in [0.25, 0.3) is 0 Å². The lowest BCUT2D eigenvalue weighted by Gasteiger charge is -2.41. The average Bonchev–Trinajstić information content (AvgIpc) is 2.63. The number of nitrogens with zero attached hydrogens (tertiary/aromatic N) is 1. The zero-order valence-corrected chi connectivity index (χ0v) is 13.6. The van der Waals surface area contributed by atoms with Crippen molar-refractivity contribution in [2.24, 2.45) is 0 Å². The molecule has 1 fully saturated rings.